The maximum Gasteiger partial charge on any atom is 0.472 e. The van der Waals surface area contributed by atoms with E-state index >= 15 is 0 Å². The third-order valence-corrected chi connectivity index (χ3v) is 16.2. The van der Waals surface area contributed by atoms with Crippen LogP contribution in [0.25, 0.3) is 0 Å². The largest absolute Gasteiger partial charge is 0.472 e. The van der Waals surface area contributed by atoms with Crippen LogP contribution in [0.5, 0.6) is 0 Å². The Balaban J connectivity index is 5.23. The van der Waals surface area contributed by atoms with Gasteiger partial charge in [0.25, 0.3) is 0 Å². The Hall–Kier alpha value is -1.94. The summed E-state index contributed by atoms with van der Waals surface area (Å²) in [6.07, 6.45) is 32.5. The number of phosphoric ester groups is 2. The van der Waals surface area contributed by atoms with Gasteiger partial charge in [-0.3, -0.25) is 37.3 Å². The topological polar surface area (TPSA) is 237 Å². The first-order valence-electron chi connectivity index (χ1n) is 32.7. The number of aliphatic hydroxyl groups is 1. The fourth-order valence-corrected chi connectivity index (χ4v) is 10.8. The lowest BCUT2D eigenvalue weighted by Gasteiger charge is -2.21. The number of ether oxygens (including phenoxy) is 4. The standard InChI is InChI=1S/C63H122O17P2/c1-53(2)39-31-23-15-12-10-9-11-13-17-29-37-45-62(67)79-58(50-74-61(66)44-36-28-21-19-25-33-41-55(5)6)51-77-81(69,70)75-47-57(64)48-76-82(71,72)78-52-59(80-63(68)46-38-30-22-20-26-34-42-56(7)8)49-73-60(65)43-35-27-18-14-16-24-32-40-54(3)4/h53-59,64H,9-52H2,1-8H3,(H,69,70)(H,71,72)/t57?,58-,59-/m1/s1. The third kappa shape index (κ3) is 57.2. The molecule has 0 aliphatic heterocycles. The van der Waals surface area contributed by atoms with E-state index in [9.17, 15) is 43.2 Å². The normalized spacial score (nSPS) is 14.5. The molecule has 82 heavy (non-hydrogen) atoms. The van der Waals surface area contributed by atoms with E-state index in [1.807, 2.05) is 0 Å². The van der Waals surface area contributed by atoms with Crippen LogP contribution in [0.4, 0.5) is 0 Å². The van der Waals surface area contributed by atoms with Gasteiger partial charge in [-0.05, 0) is 49.4 Å². The smallest absolute Gasteiger partial charge is 0.462 e. The summed E-state index contributed by atoms with van der Waals surface area (Å²) in [5.41, 5.74) is 0. The van der Waals surface area contributed by atoms with Crippen LogP contribution in [0.15, 0.2) is 0 Å². The predicted octanol–water partition coefficient (Wildman–Crippen LogP) is 17.0. The van der Waals surface area contributed by atoms with E-state index in [2.05, 4.69) is 55.4 Å². The van der Waals surface area contributed by atoms with Gasteiger partial charge in [-0.1, -0.05) is 248 Å². The number of hydrogen-bond acceptors (Lipinski definition) is 15. The molecule has 0 heterocycles. The first kappa shape index (κ1) is 80.1. The van der Waals surface area contributed by atoms with Crippen molar-refractivity contribution < 1.29 is 80.2 Å². The van der Waals surface area contributed by atoms with Crippen LogP contribution in [-0.2, 0) is 65.4 Å². The van der Waals surface area contributed by atoms with Gasteiger partial charge in [0.15, 0.2) is 12.2 Å². The van der Waals surface area contributed by atoms with Gasteiger partial charge in [0.1, 0.15) is 19.3 Å². The summed E-state index contributed by atoms with van der Waals surface area (Å²) in [4.78, 5) is 72.1. The van der Waals surface area contributed by atoms with Crippen molar-refractivity contribution in [3.8, 4) is 0 Å². The fourth-order valence-electron chi connectivity index (χ4n) is 9.25. The lowest BCUT2D eigenvalue weighted by atomic mass is 10.0. The Labute approximate surface area is 498 Å². The molecule has 0 amide bonds. The summed E-state index contributed by atoms with van der Waals surface area (Å²) in [7, 11) is -9.89. The van der Waals surface area contributed by atoms with E-state index in [1.54, 1.807) is 0 Å². The molecule has 0 rings (SSSR count). The van der Waals surface area contributed by atoms with Crippen LogP contribution in [0.1, 0.15) is 299 Å². The number of aliphatic hydroxyl groups excluding tert-OH is 1. The maximum absolute atomic E-state index is 13.0. The average molecular weight is 1210 g/mol. The van der Waals surface area contributed by atoms with Gasteiger partial charge < -0.3 is 33.8 Å². The van der Waals surface area contributed by atoms with E-state index < -0.39 is 97.5 Å². The van der Waals surface area contributed by atoms with Gasteiger partial charge in [0.2, 0.25) is 0 Å². The molecule has 3 unspecified atom stereocenters. The van der Waals surface area contributed by atoms with E-state index in [4.69, 9.17) is 37.0 Å². The molecule has 3 N–H and O–H groups in total. The quantitative estimate of drug-likeness (QED) is 0.0222. The second kappa shape index (κ2) is 53.3. The van der Waals surface area contributed by atoms with Crippen molar-refractivity contribution in [1.82, 2.24) is 0 Å². The monoisotopic (exact) mass is 1210 g/mol. The van der Waals surface area contributed by atoms with Crippen molar-refractivity contribution in [3.05, 3.63) is 0 Å². The number of phosphoric acid groups is 2. The highest BCUT2D eigenvalue weighted by Crippen LogP contribution is 2.45. The molecule has 0 aromatic carbocycles. The molecule has 0 saturated carbocycles. The molecular weight excluding hydrogens is 1090 g/mol. The Morgan fingerprint density at radius 1 is 0.305 bits per heavy atom. The number of unbranched alkanes of at least 4 members (excludes halogenated alkanes) is 26. The number of esters is 4. The van der Waals surface area contributed by atoms with Crippen molar-refractivity contribution >= 4 is 39.5 Å². The zero-order chi connectivity index (χ0) is 61.1. The van der Waals surface area contributed by atoms with Crippen LogP contribution in [0.3, 0.4) is 0 Å². The minimum absolute atomic E-state index is 0.101. The fraction of sp³-hybridized carbons (Fsp3) is 0.937. The van der Waals surface area contributed by atoms with E-state index in [0.717, 1.165) is 109 Å². The maximum atomic E-state index is 13.0. The van der Waals surface area contributed by atoms with Gasteiger partial charge in [-0.2, -0.15) is 0 Å². The van der Waals surface area contributed by atoms with Gasteiger partial charge >= 0.3 is 39.5 Å². The minimum Gasteiger partial charge on any atom is -0.462 e. The molecule has 19 heteroatoms. The Morgan fingerprint density at radius 3 is 0.756 bits per heavy atom. The molecule has 0 bridgehead atoms. The number of rotatable bonds is 60. The van der Waals surface area contributed by atoms with Crippen molar-refractivity contribution in [3.63, 3.8) is 0 Å². The summed E-state index contributed by atoms with van der Waals surface area (Å²) >= 11 is 0. The molecule has 0 aromatic heterocycles. The van der Waals surface area contributed by atoms with Crippen LogP contribution in [0, 0.1) is 23.7 Å². The van der Waals surface area contributed by atoms with Crippen LogP contribution in [0.2, 0.25) is 0 Å². The van der Waals surface area contributed by atoms with Gasteiger partial charge in [-0.15, -0.1) is 0 Å². The lowest BCUT2D eigenvalue weighted by Crippen LogP contribution is -2.30. The third-order valence-electron chi connectivity index (χ3n) is 14.3. The van der Waals surface area contributed by atoms with Crippen LogP contribution >= 0.6 is 15.6 Å². The Morgan fingerprint density at radius 2 is 0.512 bits per heavy atom. The molecule has 17 nitrogen and oxygen atoms in total. The highest BCUT2D eigenvalue weighted by atomic mass is 31.2. The number of hydrogen-bond donors (Lipinski definition) is 3. The zero-order valence-electron chi connectivity index (χ0n) is 53.1. The van der Waals surface area contributed by atoms with E-state index in [-0.39, 0.29) is 25.7 Å². The summed E-state index contributed by atoms with van der Waals surface area (Å²) in [5, 5.41) is 10.5. The molecule has 0 saturated heterocycles. The molecule has 486 valence electrons. The average Bonchev–Trinajstić information content (AvgIpc) is 3.41. The molecular formula is C63H122O17P2. The van der Waals surface area contributed by atoms with Crippen molar-refractivity contribution in [2.75, 3.05) is 39.6 Å². The summed E-state index contributed by atoms with van der Waals surface area (Å²) < 4.78 is 67.9. The highest BCUT2D eigenvalue weighted by Gasteiger charge is 2.30. The Kier molecular flexibility index (Phi) is 52.0. The zero-order valence-corrected chi connectivity index (χ0v) is 54.9. The molecule has 0 aliphatic carbocycles. The molecule has 0 aromatic rings. The Bertz CT molecular complexity index is 1640. The summed E-state index contributed by atoms with van der Waals surface area (Å²) in [5.74, 6) is 0.673. The number of carbonyl (C=O) groups is 4. The first-order chi connectivity index (χ1) is 39.1. The molecule has 0 fully saturated rings. The molecule has 0 aliphatic rings. The molecule has 0 radical (unpaired) electrons. The van der Waals surface area contributed by atoms with Gasteiger partial charge in [0, 0.05) is 25.7 Å². The highest BCUT2D eigenvalue weighted by molar-refractivity contribution is 7.47. The van der Waals surface area contributed by atoms with Crippen molar-refractivity contribution in [2.24, 2.45) is 23.7 Å². The van der Waals surface area contributed by atoms with Crippen LogP contribution < -0.4 is 0 Å². The minimum atomic E-state index is -4.94. The molecule has 0 spiro atoms. The van der Waals surface area contributed by atoms with E-state index in [0.29, 0.717) is 43.4 Å². The second-order valence-corrected chi connectivity index (χ2v) is 27.6. The first-order valence-corrected chi connectivity index (χ1v) is 35.7. The van der Waals surface area contributed by atoms with Crippen LogP contribution in [-0.4, -0.2) is 96.7 Å². The van der Waals surface area contributed by atoms with Crippen molar-refractivity contribution in [1.29, 1.82) is 0 Å². The SMILES string of the molecule is CC(C)CCCCCCCCCCCCCC(=O)O[C@H](COC(=O)CCCCCCCCC(C)C)COP(=O)(O)OCC(O)COP(=O)(O)OC[C@@H](COC(=O)CCCCCCCCCC(C)C)OC(=O)CCCCCCCCC(C)C. The summed E-state index contributed by atoms with van der Waals surface area (Å²) in [6, 6.07) is 0. The van der Waals surface area contributed by atoms with Gasteiger partial charge in [-0.25, -0.2) is 9.13 Å². The predicted molar refractivity (Wildman–Crippen MR) is 326 cm³/mol. The van der Waals surface area contributed by atoms with Gasteiger partial charge in [0.05, 0.1) is 26.4 Å². The lowest BCUT2D eigenvalue weighted by molar-refractivity contribution is -0.161. The van der Waals surface area contributed by atoms with Crippen molar-refractivity contribution in [2.45, 2.75) is 318 Å². The second-order valence-electron chi connectivity index (χ2n) is 24.7. The summed E-state index contributed by atoms with van der Waals surface area (Å²) in [6.45, 7) is 13.9. The van der Waals surface area contributed by atoms with E-state index in [1.165, 1.54) is 89.9 Å². The molecule has 5 atom stereocenters. The number of carbonyl (C=O) groups excluding carboxylic acids is 4.